The van der Waals surface area contributed by atoms with Gasteiger partial charge in [0.2, 0.25) is 5.89 Å². The van der Waals surface area contributed by atoms with Crippen molar-refractivity contribution in [3.63, 3.8) is 0 Å². The molecule has 0 spiro atoms. The monoisotopic (exact) mass is 414 g/mol. The van der Waals surface area contributed by atoms with Gasteiger partial charge in [0.25, 0.3) is 0 Å². The summed E-state index contributed by atoms with van der Waals surface area (Å²) in [6, 6.07) is 12.7. The number of hydrogen-bond acceptors (Lipinski definition) is 5. The third-order valence-corrected chi connectivity index (χ3v) is 5.06. The van der Waals surface area contributed by atoms with Crippen molar-refractivity contribution < 1.29 is 13.9 Å². The molecule has 1 saturated heterocycles. The number of benzene rings is 2. The number of carbonyl (C=O) groups excluding carboxylic acids is 1. The summed E-state index contributed by atoms with van der Waals surface area (Å²) in [4.78, 5) is 21.1. The summed E-state index contributed by atoms with van der Waals surface area (Å²) in [5.74, 6) is 1.45. The molecule has 2 amide bonds. The summed E-state index contributed by atoms with van der Waals surface area (Å²) in [6.07, 6.45) is 0. The van der Waals surface area contributed by atoms with Crippen LogP contribution in [0, 0.1) is 0 Å². The van der Waals surface area contributed by atoms with Crippen LogP contribution in [0.2, 0.25) is 5.02 Å². The number of halogens is 1. The molecular weight excluding hydrogens is 392 g/mol. The Hall–Kier alpha value is -2.77. The smallest absolute Gasteiger partial charge is 0.321 e. The van der Waals surface area contributed by atoms with Crippen molar-refractivity contribution >= 4 is 34.4 Å². The molecule has 2 heterocycles. The number of oxazole rings is 1. The highest BCUT2D eigenvalue weighted by Crippen LogP contribution is 2.21. The van der Waals surface area contributed by atoms with Crippen LogP contribution >= 0.6 is 11.6 Å². The molecule has 4 rings (SSSR count). The first kappa shape index (κ1) is 19.5. The number of amides is 2. The highest BCUT2D eigenvalue weighted by Gasteiger charge is 2.22. The van der Waals surface area contributed by atoms with Crippen molar-refractivity contribution in [1.29, 1.82) is 0 Å². The highest BCUT2D eigenvalue weighted by molar-refractivity contribution is 6.31. The van der Waals surface area contributed by atoms with E-state index in [4.69, 9.17) is 20.8 Å². The van der Waals surface area contributed by atoms with Crippen LogP contribution < -0.4 is 10.1 Å². The van der Waals surface area contributed by atoms with Crippen molar-refractivity contribution in [2.45, 2.75) is 13.5 Å². The Morgan fingerprint density at radius 2 is 1.93 bits per heavy atom. The lowest BCUT2D eigenvalue weighted by Gasteiger charge is -2.34. The molecule has 2 aromatic carbocycles. The standard InChI is InChI=1S/C21H23ClN4O3/c1-2-28-17-6-4-16(5-7-17)23-21(27)26-11-9-25(10-12-26)14-20-24-18-8-3-15(22)13-19(18)29-20/h3-8,13H,2,9-12,14H2,1H3,(H,23,27). The van der Waals surface area contributed by atoms with Crippen LogP contribution in [0.25, 0.3) is 11.1 Å². The number of fused-ring (bicyclic) bond motifs is 1. The Morgan fingerprint density at radius 1 is 1.17 bits per heavy atom. The molecule has 1 aliphatic rings. The molecule has 0 unspecified atom stereocenters. The van der Waals surface area contributed by atoms with Crippen molar-refractivity contribution in [1.82, 2.24) is 14.8 Å². The number of nitrogens with one attached hydrogen (secondary N) is 1. The fourth-order valence-corrected chi connectivity index (χ4v) is 3.48. The van der Waals surface area contributed by atoms with E-state index in [0.29, 0.717) is 42.7 Å². The Balaban J connectivity index is 1.28. The van der Waals surface area contributed by atoms with Crippen LogP contribution in [0.4, 0.5) is 10.5 Å². The van der Waals surface area contributed by atoms with Gasteiger partial charge in [-0.3, -0.25) is 4.90 Å². The van der Waals surface area contributed by atoms with Gasteiger partial charge in [-0.1, -0.05) is 11.6 Å². The van der Waals surface area contributed by atoms with Gasteiger partial charge in [0.15, 0.2) is 5.58 Å². The molecule has 0 bridgehead atoms. The van der Waals surface area contributed by atoms with Crippen molar-refractivity contribution in [2.75, 3.05) is 38.1 Å². The summed E-state index contributed by atoms with van der Waals surface area (Å²) >= 11 is 6.00. The lowest BCUT2D eigenvalue weighted by molar-refractivity contribution is 0.136. The van der Waals surface area contributed by atoms with Gasteiger partial charge in [-0.15, -0.1) is 0 Å². The van der Waals surface area contributed by atoms with E-state index in [1.54, 1.807) is 12.1 Å². The minimum absolute atomic E-state index is 0.0923. The second-order valence-corrected chi connectivity index (χ2v) is 7.31. The van der Waals surface area contributed by atoms with Crippen molar-refractivity contribution in [3.8, 4) is 5.75 Å². The molecule has 1 N–H and O–H groups in total. The largest absolute Gasteiger partial charge is 0.494 e. The van der Waals surface area contributed by atoms with Gasteiger partial charge in [-0.25, -0.2) is 9.78 Å². The predicted octanol–water partition coefficient (Wildman–Crippen LogP) is 4.23. The molecule has 0 atom stereocenters. The number of carbonyl (C=O) groups is 1. The minimum Gasteiger partial charge on any atom is -0.494 e. The zero-order chi connectivity index (χ0) is 20.2. The lowest BCUT2D eigenvalue weighted by atomic mass is 10.3. The van der Waals surface area contributed by atoms with E-state index in [-0.39, 0.29) is 6.03 Å². The number of hydrogen-bond donors (Lipinski definition) is 1. The lowest BCUT2D eigenvalue weighted by Crippen LogP contribution is -2.49. The van der Waals surface area contributed by atoms with Crippen LogP contribution in [0.3, 0.4) is 0 Å². The van der Waals surface area contributed by atoms with Crippen LogP contribution in [0.1, 0.15) is 12.8 Å². The van der Waals surface area contributed by atoms with Gasteiger partial charge in [0.05, 0.1) is 13.2 Å². The number of aromatic nitrogens is 1. The molecule has 0 saturated carbocycles. The maximum absolute atomic E-state index is 12.5. The van der Waals surface area contributed by atoms with E-state index in [9.17, 15) is 4.79 Å². The maximum Gasteiger partial charge on any atom is 0.321 e. The second-order valence-electron chi connectivity index (χ2n) is 6.87. The maximum atomic E-state index is 12.5. The number of nitrogens with zero attached hydrogens (tertiary/aromatic N) is 3. The first-order chi connectivity index (χ1) is 14.1. The minimum atomic E-state index is -0.0923. The van der Waals surface area contributed by atoms with E-state index in [0.717, 1.165) is 30.0 Å². The van der Waals surface area contributed by atoms with E-state index < -0.39 is 0 Å². The number of anilines is 1. The zero-order valence-corrected chi connectivity index (χ0v) is 17.0. The van der Waals surface area contributed by atoms with Crippen LogP contribution in [-0.4, -0.2) is 53.6 Å². The predicted molar refractivity (Wildman–Crippen MR) is 112 cm³/mol. The summed E-state index contributed by atoms with van der Waals surface area (Å²) in [5.41, 5.74) is 2.25. The Morgan fingerprint density at radius 3 is 2.66 bits per heavy atom. The molecule has 8 heteroatoms. The molecule has 0 aliphatic carbocycles. The first-order valence-electron chi connectivity index (χ1n) is 9.67. The average molecular weight is 415 g/mol. The second kappa shape index (κ2) is 8.71. The summed E-state index contributed by atoms with van der Waals surface area (Å²) in [7, 11) is 0. The summed E-state index contributed by atoms with van der Waals surface area (Å²) in [5, 5.41) is 3.57. The SMILES string of the molecule is CCOc1ccc(NC(=O)N2CCN(Cc3nc4ccc(Cl)cc4o3)CC2)cc1. The normalized spacial score (nSPS) is 14.9. The van der Waals surface area contributed by atoms with E-state index in [2.05, 4.69) is 15.2 Å². The molecule has 29 heavy (non-hydrogen) atoms. The number of urea groups is 1. The quantitative estimate of drug-likeness (QED) is 0.676. The Bertz CT molecular complexity index is 981. The van der Waals surface area contributed by atoms with E-state index >= 15 is 0 Å². The third-order valence-electron chi connectivity index (χ3n) is 4.83. The fourth-order valence-electron chi connectivity index (χ4n) is 3.32. The number of ether oxygens (including phenoxy) is 1. The third kappa shape index (κ3) is 4.81. The molecule has 1 aromatic heterocycles. The molecule has 0 radical (unpaired) electrons. The number of piperazine rings is 1. The van der Waals surface area contributed by atoms with Gasteiger partial charge >= 0.3 is 6.03 Å². The fraction of sp³-hybridized carbons (Fsp3) is 0.333. The number of rotatable bonds is 5. The van der Waals surface area contributed by atoms with Gasteiger partial charge in [0, 0.05) is 43.0 Å². The zero-order valence-electron chi connectivity index (χ0n) is 16.2. The van der Waals surface area contributed by atoms with E-state index in [1.165, 1.54) is 0 Å². The van der Waals surface area contributed by atoms with Gasteiger partial charge in [-0.05, 0) is 43.3 Å². The first-order valence-corrected chi connectivity index (χ1v) is 10.0. The van der Waals surface area contributed by atoms with E-state index in [1.807, 2.05) is 42.2 Å². The van der Waals surface area contributed by atoms with Gasteiger partial charge < -0.3 is 19.4 Å². The average Bonchev–Trinajstić information content (AvgIpc) is 3.11. The van der Waals surface area contributed by atoms with Crippen LogP contribution in [-0.2, 0) is 6.54 Å². The highest BCUT2D eigenvalue weighted by atomic mass is 35.5. The molecule has 152 valence electrons. The van der Waals surface area contributed by atoms with Crippen molar-refractivity contribution in [2.24, 2.45) is 0 Å². The van der Waals surface area contributed by atoms with Crippen molar-refractivity contribution in [3.05, 3.63) is 53.4 Å². The Kier molecular flexibility index (Phi) is 5.87. The molecule has 1 aliphatic heterocycles. The van der Waals surface area contributed by atoms with Crippen LogP contribution in [0.15, 0.2) is 46.9 Å². The molecule has 3 aromatic rings. The van der Waals surface area contributed by atoms with Gasteiger partial charge in [0.1, 0.15) is 11.3 Å². The summed E-state index contributed by atoms with van der Waals surface area (Å²) in [6.45, 7) is 5.99. The molecule has 1 fully saturated rings. The molecular formula is C21H23ClN4O3. The summed E-state index contributed by atoms with van der Waals surface area (Å²) < 4.78 is 11.2. The topological polar surface area (TPSA) is 70.8 Å². The van der Waals surface area contributed by atoms with Crippen LogP contribution in [0.5, 0.6) is 5.75 Å². The molecule has 7 nitrogen and oxygen atoms in total. The van der Waals surface area contributed by atoms with Gasteiger partial charge in [-0.2, -0.15) is 0 Å². The Labute approximate surface area is 174 Å².